The second-order valence-electron chi connectivity index (χ2n) is 3.36. The number of aryl methyl sites for hydroxylation is 1. The number of rotatable bonds is 4. The quantitative estimate of drug-likeness (QED) is 0.831. The van der Waals surface area contributed by atoms with Gasteiger partial charge in [-0.05, 0) is 37.1 Å². The van der Waals surface area contributed by atoms with Crippen molar-refractivity contribution in [1.82, 2.24) is 0 Å². The number of carboxylic acid groups (broad SMARTS) is 1. The standard InChI is InChI=1S/C11H13FO3/c1-7-5-10(12)4-3-9(7)6-15-8(2)11(13)14/h3-5,8H,6H2,1-2H3,(H,13,14)/t8-/m0/s1. The molecule has 0 saturated carbocycles. The van der Waals surface area contributed by atoms with E-state index in [1.807, 2.05) is 0 Å². The lowest BCUT2D eigenvalue weighted by Crippen LogP contribution is -2.19. The van der Waals surface area contributed by atoms with Gasteiger partial charge in [-0.15, -0.1) is 0 Å². The van der Waals surface area contributed by atoms with Crippen LogP contribution in [0.15, 0.2) is 18.2 Å². The van der Waals surface area contributed by atoms with Crippen molar-refractivity contribution in [1.29, 1.82) is 0 Å². The Morgan fingerprint density at radius 3 is 2.80 bits per heavy atom. The number of carbonyl (C=O) groups is 1. The van der Waals surface area contributed by atoms with E-state index in [2.05, 4.69) is 0 Å². The van der Waals surface area contributed by atoms with Gasteiger partial charge >= 0.3 is 5.97 Å². The van der Waals surface area contributed by atoms with E-state index >= 15 is 0 Å². The minimum absolute atomic E-state index is 0.180. The molecule has 0 aliphatic heterocycles. The van der Waals surface area contributed by atoms with Gasteiger partial charge < -0.3 is 9.84 Å². The lowest BCUT2D eigenvalue weighted by atomic mass is 10.1. The molecule has 15 heavy (non-hydrogen) atoms. The van der Waals surface area contributed by atoms with Gasteiger partial charge in [0.05, 0.1) is 6.61 Å². The molecule has 0 unspecified atom stereocenters. The first-order valence-corrected chi connectivity index (χ1v) is 4.60. The van der Waals surface area contributed by atoms with E-state index in [1.165, 1.54) is 19.1 Å². The van der Waals surface area contributed by atoms with Gasteiger partial charge in [0, 0.05) is 0 Å². The molecule has 0 aliphatic carbocycles. The highest BCUT2D eigenvalue weighted by molar-refractivity contribution is 5.71. The highest BCUT2D eigenvalue weighted by Gasteiger charge is 2.11. The van der Waals surface area contributed by atoms with Gasteiger partial charge in [-0.1, -0.05) is 6.07 Å². The van der Waals surface area contributed by atoms with Crippen molar-refractivity contribution in [2.24, 2.45) is 0 Å². The van der Waals surface area contributed by atoms with Crippen molar-refractivity contribution < 1.29 is 19.0 Å². The lowest BCUT2D eigenvalue weighted by Gasteiger charge is -2.10. The van der Waals surface area contributed by atoms with Crippen LogP contribution in [-0.4, -0.2) is 17.2 Å². The summed E-state index contributed by atoms with van der Waals surface area (Å²) in [6, 6.07) is 4.32. The number of ether oxygens (including phenoxy) is 1. The average molecular weight is 212 g/mol. The summed E-state index contributed by atoms with van der Waals surface area (Å²) >= 11 is 0. The minimum Gasteiger partial charge on any atom is -0.479 e. The molecule has 0 radical (unpaired) electrons. The Labute approximate surface area is 87.5 Å². The number of hydrogen-bond donors (Lipinski definition) is 1. The van der Waals surface area contributed by atoms with E-state index in [9.17, 15) is 9.18 Å². The van der Waals surface area contributed by atoms with Crippen LogP contribution in [0.2, 0.25) is 0 Å². The van der Waals surface area contributed by atoms with E-state index < -0.39 is 12.1 Å². The minimum atomic E-state index is -1.00. The van der Waals surface area contributed by atoms with Crippen molar-refractivity contribution >= 4 is 5.97 Å². The molecule has 0 aromatic heterocycles. The number of benzene rings is 1. The van der Waals surface area contributed by atoms with Crippen molar-refractivity contribution in [2.45, 2.75) is 26.6 Å². The van der Waals surface area contributed by atoms with Crippen molar-refractivity contribution in [3.8, 4) is 0 Å². The Bertz CT molecular complexity index is 363. The fourth-order valence-electron chi connectivity index (χ4n) is 1.11. The molecule has 4 heteroatoms. The monoisotopic (exact) mass is 212 g/mol. The molecule has 1 atom stereocenters. The third kappa shape index (κ3) is 3.32. The normalized spacial score (nSPS) is 12.5. The predicted molar refractivity (Wildman–Crippen MR) is 53.0 cm³/mol. The van der Waals surface area contributed by atoms with Crippen molar-refractivity contribution in [3.05, 3.63) is 35.1 Å². The molecule has 1 N–H and O–H groups in total. The van der Waals surface area contributed by atoms with Gasteiger partial charge in [0.25, 0.3) is 0 Å². The summed E-state index contributed by atoms with van der Waals surface area (Å²) in [4.78, 5) is 10.5. The molecule has 0 aliphatic rings. The van der Waals surface area contributed by atoms with Crippen LogP contribution in [0, 0.1) is 12.7 Å². The Kier molecular flexibility index (Phi) is 3.80. The van der Waals surface area contributed by atoms with Crippen LogP contribution in [0.1, 0.15) is 18.1 Å². The summed E-state index contributed by atoms with van der Waals surface area (Å²) in [5.74, 6) is -1.31. The van der Waals surface area contributed by atoms with Crippen LogP contribution in [0.3, 0.4) is 0 Å². The predicted octanol–water partition coefficient (Wildman–Crippen LogP) is 2.12. The van der Waals surface area contributed by atoms with Crippen molar-refractivity contribution in [3.63, 3.8) is 0 Å². The zero-order chi connectivity index (χ0) is 11.4. The second kappa shape index (κ2) is 4.89. The van der Waals surface area contributed by atoms with Gasteiger partial charge in [-0.25, -0.2) is 9.18 Å². The number of hydrogen-bond acceptors (Lipinski definition) is 2. The highest BCUT2D eigenvalue weighted by Crippen LogP contribution is 2.12. The maximum absolute atomic E-state index is 12.7. The Morgan fingerprint density at radius 2 is 2.27 bits per heavy atom. The molecule has 1 aromatic carbocycles. The molecule has 0 fully saturated rings. The van der Waals surface area contributed by atoms with Crippen molar-refractivity contribution in [2.75, 3.05) is 0 Å². The Morgan fingerprint density at radius 1 is 1.60 bits per heavy atom. The summed E-state index contributed by atoms with van der Waals surface area (Å²) in [6.07, 6.45) is -0.852. The molecule has 1 rings (SSSR count). The topological polar surface area (TPSA) is 46.5 Å². The number of aliphatic carboxylic acids is 1. The first kappa shape index (κ1) is 11.7. The SMILES string of the molecule is Cc1cc(F)ccc1CO[C@@H](C)C(=O)O. The van der Waals surface area contributed by atoms with Crippen LogP contribution in [-0.2, 0) is 16.1 Å². The summed E-state index contributed by atoms with van der Waals surface area (Å²) in [7, 11) is 0. The number of halogens is 1. The van der Waals surface area contributed by atoms with Crippen LogP contribution in [0.5, 0.6) is 0 Å². The molecular weight excluding hydrogens is 199 g/mol. The van der Waals surface area contributed by atoms with E-state index in [0.29, 0.717) is 0 Å². The Hall–Kier alpha value is -1.42. The van der Waals surface area contributed by atoms with Crippen LogP contribution < -0.4 is 0 Å². The fraction of sp³-hybridized carbons (Fsp3) is 0.364. The molecule has 1 aromatic rings. The van der Waals surface area contributed by atoms with Gasteiger partial charge in [0.2, 0.25) is 0 Å². The number of carboxylic acids is 1. The first-order valence-electron chi connectivity index (χ1n) is 4.60. The maximum atomic E-state index is 12.7. The lowest BCUT2D eigenvalue weighted by molar-refractivity contribution is -0.149. The largest absolute Gasteiger partial charge is 0.479 e. The summed E-state index contributed by atoms with van der Waals surface area (Å²) < 4.78 is 17.8. The third-order valence-corrected chi connectivity index (χ3v) is 2.14. The van der Waals surface area contributed by atoms with E-state index in [-0.39, 0.29) is 12.4 Å². The average Bonchev–Trinajstić information content (AvgIpc) is 2.15. The van der Waals surface area contributed by atoms with Gasteiger partial charge in [-0.3, -0.25) is 0 Å². The van der Waals surface area contributed by atoms with Crippen LogP contribution >= 0.6 is 0 Å². The summed E-state index contributed by atoms with van der Waals surface area (Å²) in [5, 5.41) is 8.59. The zero-order valence-electron chi connectivity index (χ0n) is 8.66. The molecule has 0 saturated heterocycles. The summed E-state index contributed by atoms with van der Waals surface area (Å²) in [6.45, 7) is 3.40. The van der Waals surface area contributed by atoms with E-state index in [0.717, 1.165) is 11.1 Å². The highest BCUT2D eigenvalue weighted by atomic mass is 19.1. The molecule has 82 valence electrons. The van der Waals surface area contributed by atoms with Crippen LogP contribution in [0.25, 0.3) is 0 Å². The molecule has 3 nitrogen and oxygen atoms in total. The van der Waals surface area contributed by atoms with E-state index in [4.69, 9.17) is 9.84 Å². The molecule has 0 bridgehead atoms. The van der Waals surface area contributed by atoms with E-state index in [1.54, 1.807) is 13.0 Å². The first-order chi connectivity index (χ1) is 7.00. The fourth-order valence-corrected chi connectivity index (χ4v) is 1.11. The molecular formula is C11H13FO3. The summed E-state index contributed by atoms with van der Waals surface area (Å²) in [5.41, 5.74) is 1.55. The molecule has 0 amide bonds. The smallest absolute Gasteiger partial charge is 0.332 e. The molecule has 0 heterocycles. The van der Waals surface area contributed by atoms with Gasteiger partial charge in [-0.2, -0.15) is 0 Å². The van der Waals surface area contributed by atoms with Gasteiger partial charge in [0.1, 0.15) is 5.82 Å². The second-order valence-corrected chi connectivity index (χ2v) is 3.36. The van der Waals surface area contributed by atoms with Crippen LogP contribution in [0.4, 0.5) is 4.39 Å². The Balaban J connectivity index is 2.62. The third-order valence-electron chi connectivity index (χ3n) is 2.14. The maximum Gasteiger partial charge on any atom is 0.332 e. The zero-order valence-corrected chi connectivity index (χ0v) is 8.66. The molecule has 0 spiro atoms. The van der Waals surface area contributed by atoms with Gasteiger partial charge in [0.15, 0.2) is 6.10 Å².